The normalized spacial score (nSPS) is 18.8. The van der Waals surface area contributed by atoms with Crippen LogP contribution in [-0.2, 0) is 4.74 Å². The summed E-state index contributed by atoms with van der Waals surface area (Å²) in [6.45, 7) is 0. The molecule has 7 heteroatoms. The minimum Gasteiger partial charge on any atom is -0.465 e. The molecule has 28 heavy (non-hydrogen) atoms. The summed E-state index contributed by atoms with van der Waals surface area (Å²) in [5.41, 5.74) is 2.28. The summed E-state index contributed by atoms with van der Waals surface area (Å²) in [7, 11) is 3.31. The molecule has 0 unspecified atom stereocenters. The lowest BCUT2D eigenvalue weighted by atomic mass is 10.0. The van der Waals surface area contributed by atoms with Gasteiger partial charge in [0.25, 0.3) is 0 Å². The number of rotatable bonds is 4. The van der Waals surface area contributed by atoms with Crippen molar-refractivity contribution in [2.24, 2.45) is 0 Å². The smallest absolute Gasteiger partial charge is 0.337 e. The van der Waals surface area contributed by atoms with E-state index in [4.69, 9.17) is 21.4 Å². The van der Waals surface area contributed by atoms with Gasteiger partial charge in [0.15, 0.2) is 5.11 Å². The number of nitrogens with zero attached hydrogens (tertiary/aromatic N) is 2. The Morgan fingerprint density at radius 1 is 1.18 bits per heavy atom. The molecule has 2 atom stereocenters. The lowest BCUT2D eigenvalue weighted by molar-refractivity contribution is 0.0600. The van der Waals surface area contributed by atoms with Gasteiger partial charge in [0, 0.05) is 18.8 Å². The zero-order chi connectivity index (χ0) is 19.7. The van der Waals surface area contributed by atoms with Crippen LogP contribution in [0.3, 0.4) is 0 Å². The number of carbonyl (C=O) groups excluding carboxylic acids is 1. The maximum absolute atomic E-state index is 11.6. The van der Waals surface area contributed by atoms with Gasteiger partial charge in [-0.25, -0.2) is 4.79 Å². The summed E-state index contributed by atoms with van der Waals surface area (Å²) in [6, 6.07) is 16.6. The Morgan fingerprint density at radius 2 is 1.96 bits per heavy atom. The van der Waals surface area contributed by atoms with Crippen LogP contribution in [0.1, 0.15) is 33.9 Å². The van der Waals surface area contributed by atoms with Gasteiger partial charge < -0.3 is 19.4 Å². The predicted octanol–water partition coefficient (Wildman–Crippen LogP) is 3.73. The molecule has 0 aliphatic carbocycles. The number of esters is 1. The van der Waals surface area contributed by atoms with Crippen molar-refractivity contribution in [3.63, 3.8) is 0 Å². The molecule has 2 aromatic heterocycles. The van der Waals surface area contributed by atoms with Crippen molar-refractivity contribution >= 4 is 23.3 Å². The molecule has 0 bridgehead atoms. The highest BCUT2D eigenvalue weighted by atomic mass is 32.1. The third-order valence-corrected chi connectivity index (χ3v) is 5.25. The van der Waals surface area contributed by atoms with Gasteiger partial charge in [-0.2, -0.15) is 0 Å². The van der Waals surface area contributed by atoms with Crippen molar-refractivity contribution in [1.29, 1.82) is 0 Å². The number of benzene rings is 1. The molecular formula is C21H19N3O3S. The Balaban J connectivity index is 1.64. The van der Waals surface area contributed by atoms with Crippen LogP contribution < -0.4 is 5.32 Å². The summed E-state index contributed by atoms with van der Waals surface area (Å²) >= 11 is 5.45. The fraction of sp³-hybridized carbons (Fsp3) is 0.190. The number of carbonyl (C=O) groups is 1. The molecule has 1 fully saturated rings. The molecule has 1 N–H and O–H groups in total. The van der Waals surface area contributed by atoms with Gasteiger partial charge >= 0.3 is 5.97 Å². The number of ether oxygens (including phenoxy) is 1. The zero-order valence-corrected chi connectivity index (χ0v) is 16.3. The highest BCUT2D eigenvalue weighted by Gasteiger charge is 2.39. The van der Waals surface area contributed by atoms with Crippen LogP contribution in [0.2, 0.25) is 0 Å². The molecule has 3 heterocycles. The van der Waals surface area contributed by atoms with Crippen molar-refractivity contribution < 1.29 is 13.9 Å². The molecule has 0 amide bonds. The minimum absolute atomic E-state index is 0.0978. The van der Waals surface area contributed by atoms with Gasteiger partial charge in [0.1, 0.15) is 17.6 Å². The first kappa shape index (κ1) is 18.2. The molecule has 1 aliphatic heterocycles. The van der Waals surface area contributed by atoms with Crippen LogP contribution in [0.4, 0.5) is 0 Å². The van der Waals surface area contributed by atoms with Gasteiger partial charge in [0.05, 0.1) is 24.4 Å². The zero-order valence-electron chi connectivity index (χ0n) is 15.5. The highest BCUT2D eigenvalue weighted by Crippen LogP contribution is 2.39. The molecule has 1 saturated heterocycles. The number of hydrogen-bond acceptors (Lipinski definition) is 5. The van der Waals surface area contributed by atoms with Crippen molar-refractivity contribution in [3.8, 4) is 11.3 Å². The molecule has 0 spiro atoms. The highest BCUT2D eigenvalue weighted by molar-refractivity contribution is 7.80. The molecule has 4 rings (SSSR count). The average Bonchev–Trinajstić information content (AvgIpc) is 3.33. The number of furan rings is 1. The lowest BCUT2D eigenvalue weighted by Crippen LogP contribution is -2.24. The molecule has 6 nitrogen and oxygen atoms in total. The monoisotopic (exact) mass is 393 g/mol. The number of likely N-dealkylation sites (N-methyl/N-ethyl adjacent to an activating group) is 1. The van der Waals surface area contributed by atoms with E-state index in [1.807, 2.05) is 54.4 Å². The molecule has 3 aromatic rings. The first-order valence-corrected chi connectivity index (χ1v) is 9.22. The lowest BCUT2D eigenvalue weighted by Gasteiger charge is -2.21. The average molecular weight is 393 g/mol. The summed E-state index contributed by atoms with van der Waals surface area (Å²) < 4.78 is 10.9. The summed E-state index contributed by atoms with van der Waals surface area (Å²) in [5.74, 6) is 1.15. The molecule has 1 aliphatic rings. The Labute approximate surface area is 168 Å². The first-order valence-electron chi connectivity index (χ1n) is 8.81. The van der Waals surface area contributed by atoms with E-state index in [0.717, 1.165) is 22.8 Å². The third kappa shape index (κ3) is 3.25. The second-order valence-electron chi connectivity index (χ2n) is 6.51. The van der Waals surface area contributed by atoms with Crippen molar-refractivity contribution in [3.05, 3.63) is 77.8 Å². The van der Waals surface area contributed by atoms with Crippen LogP contribution in [0.5, 0.6) is 0 Å². The van der Waals surface area contributed by atoms with Crippen LogP contribution in [0.15, 0.2) is 65.2 Å². The number of aromatic nitrogens is 1. The fourth-order valence-electron chi connectivity index (χ4n) is 3.37. The van der Waals surface area contributed by atoms with E-state index in [2.05, 4.69) is 10.3 Å². The SMILES string of the molecule is COC(=O)c1ccc(-c2ccc([C@@H]3[C@H](c4ccccn4)NC(=S)N3C)o2)cc1. The third-order valence-electron chi connectivity index (χ3n) is 4.85. The molecular weight excluding hydrogens is 374 g/mol. The van der Waals surface area contributed by atoms with Crippen LogP contribution in [0, 0.1) is 0 Å². The minimum atomic E-state index is -0.364. The van der Waals surface area contributed by atoms with Crippen molar-refractivity contribution in [2.45, 2.75) is 12.1 Å². The number of nitrogens with one attached hydrogen (secondary N) is 1. The van der Waals surface area contributed by atoms with Crippen molar-refractivity contribution in [2.75, 3.05) is 14.2 Å². The number of thiocarbonyl (C=S) groups is 1. The Bertz CT molecular complexity index is 1000. The standard InChI is InChI=1S/C21H19N3O3S/c1-24-19(18(23-21(24)28)15-5-3-4-12-22-15)17-11-10-16(27-17)13-6-8-14(9-7-13)20(25)26-2/h3-12,18-19H,1-2H3,(H,23,28)/t18-,19+/m0/s1. The van der Waals surface area contributed by atoms with Gasteiger partial charge in [-0.3, -0.25) is 4.98 Å². The van der Waals surface area contributed by atoms with E-state index in [0.29, 0.717) is 10.7 Å². The molecule has 1 aromatic carbocycles. The number of hydrogen-bond donors (Lipinski definition) is 1. The number of pyridine rings is 1. The predicted molar refractivity (Wildman–Crippen MR) is 109 cm³/mol. The van der Waals surface area contributed by atoms with Crippen molar-refractivity contribution in [1.82, 2.24) is 15.2 Å². The maximum Gasteiger partial charge on any atom is 0.337 e. The Kier molecular flexibility index (Phi) is 4.83. The van der Waals surface area contributed by atoms with Crippen LogP contribution >= 0.6 is 12.2 Å². The van der Waals surface area contributed by atoms with Gasteiger partial charge in [-0.05, 0) is 48.6 Å². The van der Waals surface area contributed by atoms with Crippen LogP contribution in [-0.4, -0.2) is 35.1 Å². The number of methoxy groups -OCH3 is 1. The molecule has 0 radical (unpaired) electrons. The summed E-state index contributed by atoms with van der Waals surface area (Å²) in [5, 5.41) is 3.98. The largest absolute Gasteiger partial charge is 0.465 e. The maximum atomic E-state index is 11.6. The van der Waals surface area contributed by atoms with E-state index in [1.165, 1.54) is 7.11 Å². The van der Waals surface area contributed by atoms with E-state index < -0.39 is 0 Å². The summed E-state index contributed by atoms with van der Waals surface area (Å²) in [6.07, 6.45) is 1.77. The fourth-order valence-corrected chi connectivity index (χ4v) is 3.61. The second kappa shape index (κ2) is 7.44. The molecule has 142 valence electrons. The van der Waals surface area contributed by atoms with Gasteiger partial charge in [0.2, 0.25) is 0 Å². The second-order valence-corrected chi connectivity index (χ2v) is 6.90. The topological polar surface area (TPSA) is 67.6 Å². The van der Waals surface area contributed by atoms with E-state index >= 15 is 0 Å². The first-order chi connectivity index (χ1) is 13.6. The Hall–Kier alpha value is -3.19. The summed E-state index contributed by atoms with van der Waals surface area (Å²) in [4.78, 5) is 18.1. The van der Waals surface area contributed by atoms with Crippen LogP contribution in [0.25, 0.3) is 11.3 Å². The van der Waals surface area contributed by atoms with Gasteiger partial charge in [-0.15, -0.1) is 0 Å². The van der Waals surface area contributed by atoms with E-state index in [1.54, 1.807) is 18.3 Å². The molecule has 0 saturated carbocycles. The van der Waals surface area contributed by atoms with E-state index in [-0.39, 0.29) is 18.1 Å². The van der Waals surface area contributed by atoms with Gasteiger partial charge in [-0.1, -0.05) is 18.2 Å². The quantitative estimate of drug-likeness (QED) is 0.535. The Morgan fingerprint density at radius 3 is 2.64 bits per heavy atom. The van der Waals surface area contributed by atoms with E-state index in [9.17, 15) is 4.79 Å².